The molecule has 1 saturated heterocycles. The molecule has 1 heterocycles. The lowest BCUT2D eigenvalue weighted by Gasteiger charge is -2.35. The van der Waals surface area contributed by atoms with Crippen LogP contribution in [-0.4, -0.2) is 55.4 Å². The largest absolute Gasteiger partial charge is 0.305 e. The standard InChI is InChI=1S/C17H26N2O/c1-13-7-8-14(2)16(10-13)17(20)12-19(4)15-6-5-9-18(3)11-15/h7-8,10,15H,5-6,9,11-12H2,1-4H3. The van der Waals surface area contributed by atoms with Crippen LogP contribution < -0.4 is 0 Å². The molecule has 0 bridgehead atoms. The Balaban J connectivity index is 2.01. The minimum atomic E-state index is 0.238. The normalized spacial score (nSPS) is 20.4. The van der Waals surface area contributed by atoms with Gasteiger partial charge in [0.2, 0.25) is 0 Å². The number of hydrogen-bond acceptors (Lipinski definition) is 3. The molecule has 0 saturated carbocycles. The van der Waals surface area contributed by atoms with Crippen LogP contribution in [0.2, 0.25) is 0 Å². The summed E-state index contributed by atoms with van der Waals surface area (Å²) >= 11 is 0. The van der Waals surface area contributed by atoms with Crippen molar-refractivity contribution < 1.29 is 4.79 Å². The topological polar surface area (TPSA) is 23.6 Å². The summed E-state index contributed by atoms with van der Waals surface area (Å²) in [6.45, 7) is 6.81. The quantitative estimate of drug-likeness (QED) is 0.788. The Bertz CT molecular complexity index is 484. The van der Waals surface area contributed by atoms with Crippen LogP contribution in [0.4, 0.5) is 0 Å². The minimum Gasteiger partial charge on any atom is -0.305 e. The van der Waals surface area contributed by atoms with Gasteiger partial charge in [0.1, 0.15) is 0 Å². The number of likely N-dealkylation sites (tertiary alicyclic amines) is 1. The molecule has 1 unspecified atom stereocenters. The zero-order valence-corrected chi connectivity index (χ0v) is 13.1. The monoisotopic (exact) mass is 274 g/mol. The van der Waals surface area contributed by atoms with Crippen LogP contribution in [-0.2, 0) is 0 Å². The molecule has 1 aromatic rings. The third-order valence-corrected chi connectivity index (χ3v) is 4.31. The zero-order valence-electron chi connectivity index (χ0n) is 13.1. The maximum absolute atomic E-state index is 12.5. The number of rotatable bonds is 4. The van der Waals surface area contributed by atoms with E-state index in [-0.39, 0.29) is 5.78 Å². The molecule has 3 nitrogen and oxygen atoms in total. The van der Waals surface area contributed by atoms with E-state index in [1.54, 1.807) is 0 Å². The molecule has 3 heteroatoms. The average Bonchev–Trinajstić information content (AvgIpc) is 2.41. The Morgan fingerprint density at radius 2 is 2.15 bits per heavy atom. The van der Waals surface area contributed by atoms with Gasteiger partial charge in [-0.3, -0.25) is 9.69 Å². The van der Waals surface area contributed by atoms with Crippen LogP contribution in [0.15, 0.2) is 18.2 Å². The van der Waals surface area contributed by atoms with E-state index >= 15 is 0 Å². The summed E-state index contributed by atoms with van der Waals surface area (Å²) in [4.78, 5) is 17.1. The van der Waals surface area contributed by atoms with Crippen LogP contribution in [0.25, 0.3) is 0 Å². The van der Waals surface area contributed by atoms with Crippen molar-refractivity contribution in [2.75, 3.05) is 33.7 Å². The van der Waals surface area contributed by atoms with E-state index in [9.17, 15) is 4.79 Å². The van der Waals surface area contributed by atoms with Crippen molar-refractivity contribution in [1.82, 2.24) is 9.80 Å². The summed E-state index contributed by atoms with van der Waals surface area (Å²) in [5.41, 5.74) is 3.11. The molecule has 0 aromatic heterocycles. The number of carbonyl (C=O) groups is 1. The Kier molecular flexibility index (Phi) is 4.95. The van der Waals surface area contributed by atoms with Gasteiger partial charge < -0.3 is 4.90 Å². The molecule has 0 aliphatic carbocycles. The van der Waals surface area contributed by atoms with Gasteiger partial charge in [-0.25, -0.2) is 0 Å². The molecular formula is C17H26N2O. The van der Waals surface area contributed by atoms with Gasteiger partial charge in [-0.05, 0) is 59.0 Å². The number of aryl methyl sites for hydroxylation is 2. The van der Waals surface area contributed by atoms with Crippen molar-refractivity contribution in [3.8, 4) is 0 Å². The van der Waals surface area contributed by atoms with E-state index in [0.717, 1.165) is 23.2 Å². The van der Waals surface area contributed by atoms with Gasteiger partial charge in [0.15, 0.2) is 5.78 Å². The SMILES string of the molecule is Cc1ccc(C)c(C(=O)CN(C)C2CCCN(C)C2)c1. The van der Waals surface area contributed by atoms with Gasteiger partial charge in [0, 0.05) is 18.2 Å². The van der Waals surface area contributed by atoms with E-state index in [2.05, 4.69) is 30.0 Å². The highest BCUT2D eigenvalue weighted by Gasteiger charge is 2.23. The number of nitrogens with zero attached hydrogens (tertiary/aromatic N) is 2. The van der Waals surface area contributed by atoms with Crippen LogP contribution in [0.5, 0.6) is 0 Å². The molecule has 0 radical (unpaired) electrons. The predicted octanol–water partition coefficient (Wildman–Crippen LogP) is 2.51. The zero-order chi connectivity index (χ0) is 14.7. The minimum absolute atomic E-state index is 0.238. The Hall–Kier alpha value is -1.19. The maximum atomic E-state index is 12.5. The highest BCUT2D eigenvalue weighted by Crippen LogP contribution is 2.16. The molecule has 110 valence electrons. The number of Topliss-reactive ketones (excluding diaryl/α,β-unsaturated/α-hetero) is 1. The number of carbonyl (C=O) groups excluding carboxylic acids is 1. The van der Waals surface area contributed by atoms with Crippen molar-refractivity contribution >= 4 is 5.78 Å². The lowest BCUT2D eigenvalue weighted by Crippen LogP contribution is -2.46. The molecule has 0 spiro atoms. The smallest absolute Gasteiger partial charge is 0.177 e. The fourth-order valence-corrected chi connectivity index (χ4v) is 2.98. The molecule has 1 aliphatic rings. The Morgan fingerprint density at radius 3 is 2.85 bits per heavy atom. The molecule has 1 aromatic carbocycles. The first-order valence-corrected chi connectivity index (χ1v) is 7.46. The highest BCUT2D eigenvalue weighted by atomic mass is 16.1. The summed E-state index contributed by atoms with van der Waals surface area (Å²) in [6, 6.07) is 6.62. The second-order valence-corrected chi connectivity index (χ2v) is 6.21. The molecule has 1 atom stereocenters. The number of hydrogen-bond donors (Lipinski definition) is 0. The third kappa shape index (κ3) is 3.68. The van der Waals surface area contributed by atoms with Crippen LogP contribution in [0.3, 0.4) is 0 Å². The van der Waals surface area contributed by atoms with E-state index in [0.29, 0.717) is 12.6 Å². The molecule has 2 rings (SSSR count). The Morgan fingerprint density at radius 1 is 1.40 bits per heavy atom. The molecule has 1 aliphatic heterocycles. The number of piperidine rings is 1. The molecule has 0 N–H and O–H groups in total. The fourth-order valence-electron chi connectivity index (χ4n) is 2.98. The van der Waals surface area contributed by atoms with Crippen LogP contribution >= 0.6 is 0 Å². The number of benzene rings is 1. The summed E-state index contributed by atoms with van der Waals surface area (Å²) < 4.78 is 0. The first-order valence-electron chi connectivity index (χ1n) is 7.46. The summed E-state index contributed by atoms with van der Waals surface area (Å²) in [6.07, 6.45) is 2.42. The van der Waals surface area contributed by atoms with Crippen LogP contribution in [0, 0.1) is 13.8 Å². The molecule has 0 amide bonds. The van der Waals surface area contributed by atoms with Crippen molar-refractivity contribution in [3.05, 3.63) is 34.9 Å². The maximum Gasteiger partial charge on any atom is 0.177 e. The Labute approximate surface area is 122 Å². The summed E-state index contributed by atoms with van der Waals surface area (Å²) in [5, 5.41) is 0. The first kappa shape index (κ1) is 15.2. The molecule has 20 heavy (non-hydrogen) atoms. The van der Waals surface area contributed by atoms with Crippen molar-refractivity contribution in [2.24, 2.45) is 0 Å². The van der Waals surface area contributed by atoms with Gasteiger partial charge in [-0.2, -0.15) is 0 Å². The fraction of sp³-hybridized carbons (Fsp3) is 0.588. The van der Waals surface area contributed by atoms with Gasteiger partial charge >= 0.3 is 0 Å². The number of likely N-dealkylation sites (N-methyl/N-ethyl adjacent to an activating group) is 2. The lowest BCUT2D eigenvalue weighted by atomic mass is 10.00. The van der Waals surface area contributed by atoms with Crippen molar-refractivity contribution in [2.45, 2.75) is 32.7 Å². The number of ketones is 1. The first-order chi connectivity index (χ1) is 9.47. The van der Waals surface area contributed by atoms with Gasteiger partial charge in [0.05, 0.1) is 6.54 Å². The van der Waals surface area contributed by atoms with E-state index in [1.807, 2.05) is 26.0 Å². The third-order valence-electron chi connectivity index (χ3n) is 4.31. The van der Waals surface area contributed by atoms with Crippen LogP contribution in [0.1, 0.15) is 34.3 Å². The van der Waals surface area contributed by atoms with E-state index in [4.69, 9.17) is 0 Å². The highest BCUT2D eigenvalue weighted by molar-refractivity contribution is 5.99. The van der Waals surface area contributed by atoms with Gasteiger partial charge in [-0.15, -0.1) is 0 Å². The van der Waals surface area contributed by atoms with Crippen molar-refractivity contribution in [1.29, 1.82) is 0 Å². The predicted molar refractivity (Wildman–Crippen MR) is 83.4 cm³/mol. The van der Waals surface area contributed by atoms with E-state index in [1.165, 1.54) is 19.4 Å². The summed E-state index contributed by atoms with van der Waals surface area (Å²) in [5.74, 6) is 0.238. The van der Waals surface area contributed by atoms with Gasteiger partial charge in [0.25, 0.3) is 0 Å². The van der Waals surface area contributed by atoms with E-state index < -0.39 is 0 Å². The second kappa shape index (κ2) is 6.51. The molecular weight excluding hydrogens is 248 g/mol. The summed E-state index contributed by atoms with van der Waals surface area (Å²) in [7, 11) is 4.24. The van der Waals surface area contributed by atoms with Gasteiger partial charge in [-0.1, -0.05) is 17.7 Å². The average molecular weight is 274 g/mol. The lowest BCUT2D eigenvalue weighted by molar-refractivity contribution is 0.0857. The van der Waals surface area contributed by atoms with Crippen molar-refractivity contribution in [3.63, 3.8) is 0 Å². The second-order valence-electron chi connectivity index (χ2n) is 6.21. The molecule has 1 fully saturated rings.